The van der Waals surface area contributed by atoms with Crippen molar-refractivity contribution in [2.24, 2.45) is 11.8 Å². The lowest BCUT2D eigenvalue weighted by molar-refractivity contribution is -0.139. The third-order valence-electron chi connectivity index (χ3n) is 7.43. The minimum Gasteiger partial charge on any atom is -0.481 e. The molecule has 6 heteroatoms. The molecule has 0 bridgehead atoms. The zero-order chi connectivity index (χ0) is 24.0. The Balaban J connectivity index is 1.14. The molecule has 1 saturated carbocycles. The van der Waals surface area contributed by atoms with E-state index in [1.54, 1.807) is 6.26 Å². The molecule has 34 heavy (non-hydrogen) atoms. The first-order valence-electron chi connectivity index (χ1n) is 12.1. The molecular formula is C28H33NO5. The van der Waals surface area contributed by atoms with Crippen LogP contribution < -0.4 is 5.32 Å². The molecule has 5 atom stereocenters. The van der Waals surface area contributed by atoms with E-state index in [4.69, 9.17) is 9.15 Å². The molecule has 1 aromatic heterocycles. The van der Waals surface area contributed by atoms with Crippen molar-refractivity contribution in [3.05, 3.63) is 71.0 Å². The molecule has 0 radical (unpaired) electrons. The van der Waals surface area contributed by atoms with Gasteiger partial charge in [-0.1, -0.05) is 24.3 Å². The Hall–Kier alpha value is -2.67. The van der Waals surface area contributed by atoms with Crippen molar-refractivity contribution in [2.45, 2.75) is 57.3 Å². The van der Waals surface area contributed by atoms with Gasteiger partial charge in [0.25, 0.3) is 0 Å². The number of β-amino-alcohol motifs (C(OH)–C–C–N with tert-alkyl or cyclic N) is 1. The van der Waals surface area contributed by atoms with E-state index in [1.165, 1.54) is 11.1 Å². The minimum atomic E-state index is -0.696. The molecule has 2 aliphatic rings. The zero-order valence-electron chi connectivity index (χ0n) is 20.0. The molecule has 1 fully saturated rings. The molecule has 2 aliphatic carbocycles. The van der Waals surface area contributed by atoms with E-state index in [9.17, 15) is 15.0 Å². The number of hydrogen-bond acceptors (Lipinski definition) is 5. The van der Waals surface area contributed by atoms with Crippen LogP contribution in [0.5, 0.6) is 0 Å². The number of ether oxygens (including phenoxy) is 1. The first-order valence-corrected chi connectivity index (χ1v) is 12.1. The van der Waals surface area contributed by atoms with Crippen LogP contribution in [0.25, 0.3) is 11.0 Å². The van der Waals surface area contributed by atoms with E-state index in [2.05, 4.69) is 37.4 Å². The Morgan fingerprint density at radius 3 is 2.88 bits per heavy atom. The summed E-state index contributed by atoms with van der Waals surface area (Å²) in [7, 11) is 0. The molecule has 1 heterocycles. The Morgan fingerprint density at radius 1 is 1.26 bits per heavy atom. The minimum absolute atomic E-state index is 0.114. The summed E-state index contributed by atoms with van der Waals surface area (Å²) in [4.78, 5) is 11.5. The van der Waals surface area contributed by atoms with Crippen molar-refractivity contribution in [3.8, 4) is 0 Å². The number of carboxylic acid groups (broad SMARTS) is 1. The summed E-state index contributed by atoms with van der Waals surface area (Å²) in [6.07, 6.45) is 2.52. The highest BCUT2D eigenvalue weighted by molar-refractivity contribution is 5.78. The van der Waals surface area contributed by atoms with Gasteiger partial charge in [-0.15, -0.1) is 0 Å². The predicted octanol–water partition coefficient (Wildman–Crippen LogP) is 4.45. The van der Waals surface area contributed by atoms with Crippen LogP contribution in [0.1, 0.15) is 55.0 Å². The Bertz CT molecular complexity index is 1200. The maximum atomic E-state index is 11.5. The highest BCUT2D eigenvalue weighted by Gasteiger charge is 2.60. The Kier molecular flexibility index (Phi) is 6.00. The molecular weight excluding hydrogens is 430 g/mol. The first kappa shape index (κ1) is 23.1. The standard InChI is InChI=1S/C28H33NO5/c1-16(21-6-4-5-19-12-22-25(24(19)21)26(22)27(31)32)34-15-20(30)14-29-28(2,3)13-17-7-8-23-18(11-17)9-10-33-23/h4-11,16,20,22,25-26,29-30H,12-15H2,1-3H3,(H,31,32)/t16-,20?,22+,25+,26-/m1/s1. The number of carboxylic acids is 1. The van der Waals surface area contributed by atoms with Gasteiger partial charge in [0.2, 0.25) is 0 Å². The zero-order valence-corrected chi connectivity index (χ0v) is 20.0. The van der Waals surface area contributed by atoms with Crippen molar-refractivity contribution in [1.82, 2.24) is 5.32 Å². The fourth-order valence-electron chi connectivity index (χ4n) is 5.68. The number of furan rings is 1. The van der Waals surface area contributed by atoms with Crippen molar-refractivity contribution in [2.75, 3.05) is 13.2 Å². The highest BCUT2D eigenvalue weighted by Crippen LogP contribution is 2.62. The van der Waals surface area contributed by atoms with Crippen molar-refractivity contribution < 1.29 is 24.2 Å². The van der Waals surface area contributed by atoms with E-state index in [-0.39, 0.29) is 36.0 Å². The summed E-state index contributed by atoms with van der Waals surface area (Å²) < 4.78 is 11.5. The van der Waals surface area contributed by atoms with Gasteiger partial charge >= 0.3 is 5.97 Å². The molecule has 6 nitrogen and oxygen atoms in total. The fraction of sp³-hybridized carbons (Fsp3) is 0.464. The topological polar surface area (TPSA) is 91.9 Å². The molecule has 0 aliphatic heterocycles. The van der Waals surface area contributed by atoms with E-state index in [0.29, 0.717) is 6.54 Å². The number of rotatable bonds is 10. The Labute approximate surface area is 199 Å². The summed E-state index contributed by atoms with van der Waals surface area (Å²) in [6.45, 7) is 6.87. The molecule has 5 rings (SSSR count). The molecule has 2 aromatic carbocycles. The monoisotopic (exact) mass is 463 g/mol. The lowest BCUT2D eigenvalue weighted by atomic mass is 9.94. The smallest absolute Gasteiger partial charge is 0.307 e. The van der Waals surface area contributed by atoms with Gasteiger partial charge in [-0.25, -0.2) is 0 Å². The van der Waals surface area contributed by atoms with Crippen molar-refractivity contribution in [1.29, 1.82) is 0 Å². The fourth-order valence-corrected chi connectivity index (χ4v) is 5.68. The van der Waals surface area contributed by atoms with E-state index in [1.807, 2.05) is 31.2 Å². The lowest BCUT2D eigenvalue weighted by Crippen LogP contribution is -2.46. The molecule has 0 saturated heterocycles. The lowest BCUT2D eigenvalue weighted by Gasteiger charge is -2.28. The number of aliphatic carboxylic acids is 1. The molecule has 3 N–H and O–H groups in total. The van der Waals surface area contributed by atoms with Gasteiger partial charge in [0.15, 0.2) is 0 Å². The number of aliphatic hydroxyl groups excluding tert-OH is 1. The van der Waals surface area contributed by atoms with Gasteiger partial charge in [0.05, 0.1) is 31.0 Å². The average Bonchev–Trinajstić information content (AvgIpc) is 3.12. The van der Waals surface area contributed by atoms with Crippen molar-refractivity contribution >= 4 is 16.9 Å². The summed E-state index contributed by atoms with van der Waals surface area (Å²) in [5.41, 5.74) is 5.37. The van der Waals surface area contributed by atoms with Crippen molar-refractivity contribution in [3.63, 3.8) is 0 Å². The number of carbonyl (C=O) groups is 1. The van der Waals surface area contributed by atoms with Crippen LogP contribution in [-0.4, -0.2) is 41.0 Å². The second kappa shape index (κ2) is 8.84. The number of benzene rings is 2. The summed E-state index contributed by atoms with van der Waals surface area (Å²) in [5, 5.41) is 24.6. The first-order chi connectivity index (χ1) is 16.2. The van der Waals surface area contributed by atoms with Crippen LogP contribution in [0.3, 0.4) is 0 Å². The summed E-state index contributed by atoms with van der Waals surface area (Å²) in [5.74, 6) is -0.611. The van der Waals surface area contributed by atoms with Gasteiger partial charge in [-0.05, 0) is 80.0 Å². The summed E-state index contributed by atoms with van der Waals surface area (Å²) in [6, 6.07) is 14.3. The van der Waals surface area contributed by atoms with Crippen LogP contribution in [-0.2, 0) is 22.4 Å². The average molecular weight is 464 g/mol. The van der Waals surface area contributed by atoms with Gasteiger partial charge in [-0.3, -0.25) is 4.79 Å². The van der Waals surface area contributed by atoms with Gasteiger partial charge in [-0.2, -0.15) is 0 Å². The van der Waals surface area contributed by atoms with Gasteiger partial charge in [0.1, 0.15) is 5.58 Å². The second-order valence-electron chi connectivity index (χ2n) is 10.5. The number of fused-ring (bicyclic) bond motifs is 4. The third-order valence-corrected chi connectivity index (χ3v) is 7.43. The number of nitrogens with one attached hydrogen (secondary N) is 1. The quantitative estimate of drug-likeness (QED) is 0.411. The largest absolute Gasteiger partial charge is 0.481 e. The molecule has 0 amide bonds. The predicted molar refractivity (Wildman–Crippen MR) is 130 cm³/mol. The van der Waals surface area contributed by atoms with E-state index < -0.39 is 12.1 Å². The van der Waals surface area contributed by atoms with E-state index in [0.717, 1.165) is 34.9 Å². The second-order valence-corrected chi connectivity index (χ2v) is 10.5. The van der Waals surface area contributed by atoms with Crippen LogP contribution in [0, 0.1) is 11.8 Å². The molecule has 3 aromatic rings. The molecule has 0 spiro atoms. The maximum absolute atomic E-state index is 11.5. The van der Waals surface area contributed by atoms with Crippen LogP contribution in [0.4, 0.5) is 0 Å². The van der Waals surface area contributed by atoms with E-state index >= 15 is 0 Å². The van der Waals surface area contributed by atoms with Gasteiger partial charge < -0.3 is 24.7 Å². The van der Waals surface area contributed by atoms with Crippen LogP contribution in [0.2, 0.25) is 0 Å². The maximum Gasteiger partial charge on any atom is 0.307 e. The van der Waals surface area contributed by atoms with Gasteiger partial charge in [0, 0.05) is 23.4 Å². The normalized spacial score (nSPS) is 22.9. The highest BCUT2D eigenvalue weighted by atomic mass is 16.5. The SMILES string of the molecule is C[C@@H](OCC(O)CNC(C)(C)Cc1ccc2occc2c1)c1cccc2c1[C@@H]1[C@H](C2)[C@H]1C(=O)O. The summed E-state index contributed by atoms with van der Waals surface area (Å²) >= 11 is 0. The Morgan fingerprint density at radius 2 is 2.09 bits per heavy atom. The number of aliphatic hydroxyl groups is 1. The molecule has 180 valence electrons. The van der Waals surface area contributed by atoms with Crippen LogP contribution in [0.15, 0.2) is 53.1 Å². The molecule has 1 unspecified atom stereocenters. The van der Waals surface area contributed by atoms with Crippen LogP contribution >= 0.6 is 0 Å². The number of hydrogen-bond donors (Lipinski definition) is 3. The third kappa shape index (κ3) is 4.50.